The third-order valence-corrected chi connectivity index (χ3v) is 3.05. The molecule has 1 unspecified atom stereocenters. The van der Waals surface area contributed by atoms with E-state index in [1.165, 1.54) is 0 Å². The van der Waals surface area contributed by atoms with Crippen LogP contribution in [-0.4, -0.2) is 49.7 Å². The van der Waals surface area contributed by atoms with Crippen LogP contribution in [0.3, 0.4) is 0 Å². The van der Waals surface area contributed by atoms with Crippen LogP contribution in [0, 0.1) is 0 Å². The third-order valence-electron chi connectivity index (χ3n) is 3.05. The highest BCUT2D eigenvalue weighted by molar-refractivity contribution is 5.78. The zero-order chi connectivity index (χ0) is 12.8. The third kappa shape index (κ3) is 3.85. The number of hydrogen-bond acceptors (Lipinski definition) is 4. The minimum Gasteiger partial charge on any atom is -0.469 e. The Morgan fingerprint density at radius 2 is 2.28 bits per heavy atom. The van der Waals surface area contributed by atoms with Gasteiger partial charge in [0.2, 0.25) is 5.91 Å². The van der Waals surface area contributed by atoms with Crippen LogP contribution in [0.25, 0.3) is 0 Å². The van der Waals surface area contributed by atoms with Crippen molar-refractivity contribution in [3.63, 3.8) is 0 Å². The summed E-state index contributed by atoms with van der Waals surface area (Å²) in [5, 5.41) is 3.23. The molecule has 0 aromatic carbocycles. The number of nitrogens with one attached hydrogen (secondary N) is 1. The van der Waals surface area contributed by atoms with Crippen LogP contribution < -0.4 is 5.32 Å². The number of nitrogens with zero attached hydrogens (tertiary/aromatic N) is 1. The minimum atomic E-state index is 0.143. The molecule has 0 radical (unpaired) electrons. The number of rotatable bonds is 5. The van der Waals surface area contributed by atoms with E-state index in [0.29, 0.717) is 32.8 Å². The van der Waals surface area contributed by atoms with Gasteiger partial charge in [-0.3, -0.25) is 4.79 Å². The average molecular weight is 252 g/mol. The molecular weight excluding hydrogens is 232 g/mol. The second-order valence-electron chi connectivity index (χ2n) is 4.56. The molecule has 18 heavy (non-hydrogen) atoms. The first-order valence-electron chi connectivity index (χ1n) is 6.37. The Labute approximate surface area is 107 Å². The Morgan fingerprint density at radius 1 is 1.50 bits per heavy atom. The number of amides is 1. The fourth-order valence-electron chi connectivity index (χ4n) is 1.99. The predicted molar refractivity (Wildman–Crippen MR) is 67.3 cm³/mol. The Hall–Kier alpha value is -1.33. The van der Waals surface area contributed by atoms with Crippen LogP contribution in [0.4, 0.5) is 0 Å². The molecule has 5 nitrogen and oxygen atoms in total. The molecule has 0 aliphatic carbocycles. The maximum Gasteiger partial charge on any atom is 0.236 e. The summed E-state index contributed by atoms with van der Waals surface area (Å²) in [4.78, 5) is 13.7. The van der Waals surface area contributed by atoms with Gasteiger partial charge in [-0.15, -0.1) is 0 Å². The van der Waals surface area contributed by atoms with Crippen molar-refractivity contribution in [2.45, 2.75) is 19.4 Å². The molecule has 1 N–H and O–H groups in total. The van der Waals surface area contributed by atoms with Crippen LogP contribution in [0.2, 0.25) is 0 Å². The van der Waals surface area contributed by atoms with E-state index in [0.717, 1.165) is 12.2 Å². The van der Waals surface area contributed by atoms with Gasteiger partial charge in [-0.25, -0.2) is 0 Å². The molecule has 1 atom stereocenters. The maximum absolute atomic E-state index is 11.9. The molecule has 0 spiro atoms. The van der Waals surface area contributed by atoms with E-state index in [4.69, 9.17) is 9.15 Å². The Kier molecular flexibility index (Phi) is 4.78. The van der Waals surface area contributed by atoms with Crippen LogP contribution in [0.1, 0.15) is 12.7 Å². The standard InChI is InChI=1S/C13H20N2O3/c1-11(9-12-3-2-6-18-12)14-10-13(16)15-4-7-17-8-5-15/h2-3,6,11,14H,4-5,7-10H2,1H3. The Bertz CT molecular complexity index is 358. The molecule has 100 valence electrons. The van der Waals surface area contributed by atoms with Crippen molar-refractivity contribution < 1.29 is 13.9 Å². The summed E-state index contributed by atoms with van der Waals surface area (Å²) in [6, 6.07) is 4.05. The number of carbonyl (C=O) groups is 1. The summed E-state index contributed by atoms with van der Waals surface area (Å²) in [6.45, 7) is 5.12. The molecule has 0 saturated carbocycles. The van der Waals surface area contributed by atoms with E-state index in [2.05, 4.69) is 12.2 Å². The zero-order valence-corrected chi connectivity index (χ0v) is 10.7. The topological polar surface area (TPSA) is 54.7 Å². The molecule has 1 amide bonds. The van der Waals surface area contributed by atoms with E-state index in [-0.39, 0.29) is 11.9 Å². The number of furan rings is 1. The minimum absolute atomic E-state index is 0.143. The maximum atomic E-state index is 11.9. The fourth-order valence-corrected chi connectivity index (χ4v) is 1.99. The first-order chi connectivity index (χ1) is 8.75. The number of ether oxygens (including phenoxy) is 1. The predicted octanol–water partition coefficient (Wildman–Crippen LogP) is 0.659. The molecule has 1 fully saturated rings. The highest BCUT2D eigenvalue weighted by Crippen LogP contribution is 2.04. The van der Waals surface area contributed by atoms with E-state index in [9.17, 15) is 4.79 Å². The van der Waals surface area contributed by atoms with Gasteiger partial charge in [0.1, 0.15) is 5.76 Å². The quantitative estimate of drug-likeness (QED) is 0.836. The molecule has 1 saturated heterocycles. The number of carbonyl (C=O) groups excluding carboxylic acids is 1. The second kappa shape index (κ2) is 6.56. The number of hydrogen-bond donors (Lipinski definition) is 1. The highest BCUT2D eigenvalue weighted by Gasteiger charge is 2.17. The van der Waals surface area contributed by atoms with Crippen LogP contribution in [0.15, 0.2) is 22.8 Å². The second-order valence-corrected chi connectivity index (χ2v) is 4.56. The lowest BCUT2D eigenvalue weighted by molar-refractivity contribution is -0.134. The van der Waals surface area contributed by atoms with Gasteiger partial charge in [-0.05, 0) is 19.1 Å². The average Bonchev–Trinajstić information content (AvgIpc) is 2.90. The Morgan fingerprint density at radius 3 is 2.94 bits per heavy atom. The summed E-state index contributed by atoms with van der Waals surface area (Å²) in [5.41, 5.74) is 0. The van der Waals surface area contributed by atoms with Crippen molar-refractivity contribution in [1.29, 1.82) is 0 Å². The summed E-state index contributed by atoms with van der Waals surface area (Å²) < 4.78 is 10.5. The lowest BCUT2D eigenvalue weighted by atomic mass is 10.2. The normalized spacial score (nSPS) is 17.7. The zero-order valence-electron chi connectivity index (χ0n) is 10.7. The molecule has 5 heteroatoms. The number of morpholine rings is 1. The van der Waals surface area contributed by atoms with Gasteiger partial charge in [0.15, 0.2) is 0 Å². The van der Waals surface area contributed by atoms with Crippen molar-refractivity contribution >= 4 is 5.91 Å². The van der Waals surface area contributed by atoms with E-state index >= 15 is 0 Å². The molecule has 1 aromatic heterocycles. The largest absolute Gasteiger partial charge is 0.469 e. The molecular formula is C13H20N2O3. The monoisotopic (exact) mass is 252 g/mol. The highest BCUT2D eigenvalue weighted by atomic mass is 16.5. The van der Waals surface area contributed by atoms with Gasteiger partial charge in [-0.1, -0.05) is 0 Å². The molecule has 1 aliphatic heterocycles. The molecule has 2 rings (SSSR count). The summed E-state index contributed by atoms with van der Waals surface area (Å²) in [5.74, 6) is 1.08. The Balaban J connectivity index is 1.68. The van der Waals surface area contributed by atoms with Crippen molar-refractivity contribution in [1.82, 2.24) is 10.2 Å². The van der Waals surface area contributed by atoms with Gasteiger partial charge in [0, 0.05) is 25.6 Å². The summed E-state index contributed by atoms with van der Waals surface area (Å²) in [6.07, 6.45) is 2.46. The first kappa shape index (κ1) is 13.1. The van der Waals surface area contributed by atoms with Crippen LogP contribution in [0.5, 0.6) is 0 Å². The van der Waals surface area contributed by atoms with Crippen molar-refractivity contribution in [2.24, 2.45) is 0 Å². The lowest BCUT2D eigenvalue weighted by Crippen LogP contribution is -2.46. The van der Waals surface area contributed by atoms with Gasteiger partial charge in [0.05, 0.1) is 26.0 Å². The van der Waals surface area contributed by atoms with Gasteiger partial charge >= 0.3 is 0 Å². The van der Waals surface area contributed by atoms with Crippen molar-refractivity contribution in [3.8, 4) is 0 Å². The molecule has 1 aromatic rings. The van der Waals surface area contributed by atoms with Gasteiger partial charge in [-0.2, -0.15) is 0 Å². The smallest absolute Gasteiger partial charge is 0.236 e. The SMILES string of the molecule is CC(Cc1ccco1)NCC(=O)N1CCOCC1. The lowest BCUT2D eigenvalue weighted by Gasteiger charge is -2.27. The van der Waals surface area contributed by atoms with E-state index in [1.54, 1.807) is 6.26 Å². The summed E-state index contributed by atoms with van der Waals surface area (Å²) >= 11 is 0. The van der Waals surface area contributed by atoms with Crippen molar-refractivity contribution in [2.75, 3.05) is 32.8 Å². The molecule has 0 bridgehead atoms. The van der Waals surface area contributed by atoms with Crippen molar-refractivity contribution in [3.05, 3.63) is 24.2 Å². The fraction of sp³-hybridized carbons (Fsp3) is 0.615. The summed E-state index contributed by atoms with van der Waals surface area (Å²) in [7, 11) is 0. The van der Waals surface area contributed by atoms with Crippen LogP contribution in [-0.2, 0) is 16.0 Å². The van der Waals surface area contributed by atoms with Gasteiger partial charge in [0.25, 0.3) is 0 Å². The van der Waals surface area contributed by atoms with E-state index in [1.807, 2.05) is 17.0 Å². The van der Waals surface area contributed by atoms with E-state index < -0.39 is 0 Å². The van der Waals surface area contributed by atoms with Crippen LogP contribution >= 0.6 is 0 Å². The molecule has 2 heterocycles. The van der Waals surface area contributed by atoms with Gasteiger partial charge < -0.3 is 19.4 Å². The first-order valence-corrected chi connectivity index (χ1v) is 6.37. The molecule has 1 aliphatic rings.